The smallest absolute Gasteiger partial charge is 0.273 e. The molecule has 7 heteroatoms. The predicted octanol–water partition coefficient (Wildman–Crippen LogP) is 3.77. The van der Waals surface area contributed by atoms with Gasteiger partial charge in [0.1, 0.15) is 5.76 Å². The normalized spacial score (nSPS) is 11.7. The molecule has 3 aromatic rings. The number of nitrogens with zero attached hydrogens (tertiary/aromatic N) is 2. The molecule has 29 heavy (non-hydrogen) atoms. The molecule has 1 N–H and O–H groups in total. The number of carbonyl (C=O) groups excluding carboxylic acids is 2. The number of amides is 2. The zero-order valence-electron chi connectivity index (χ0n) is 16.4. The van der Waals surface area contributed by atoms with Gasteiger partial charge in [0, 0.05) is 36.2 Å². The number of rotatable bonds is 9. The minimum absolute atomic E-state index is 0.0867. The minimum Gasteiger partial charge on any atom is -0.360 e. The summed E-state index contributed by atoms with van der Waals surface area (Å²) in [7, 11) is 1.72. The van der Waals surface area contributed by atoms with E-state index in [0.29, 0.717) is 17.9 Å². The Morgan fingerprint density at radius 1 is 1.21 bits per heavy atom. The fourth-order valence-corrected chi connectivity index (χ4v) is 3.83. The van der Waals surface area contributed by atoms with E-state index < -0.39 is 0 Å². The van der Waals surface area contributed by atoms with Crippen LogP contribution >= 0.6 is 11.8 Å². The SMILES string of the molecule is C[C@H](CSc1ccccc1N(C)C=O)NC(=O)c1cc(Cc2ccccc2)on1. The van der Waals surface area contributed by atoms with E-state index in [1.54, 1.807) is 24.9 Å². The van der Waals surface area contributed by atoms with Gasteiger partial charge in [-0.25, -0.2) is 0 Å². The topological polar surface area (TPSA) is 75.4 Å². The van der Waals surface area contributed by atoms with Crippen molar-refractivity contribution in [3.8, 4) is 0 Å². The number of anilines is 1. The Morgan fingerprint density at radius 2 is 1.93 bits per heavy atom. The summed E-state index contributed by atoms with van der Waals surface area (Å²) >= 11 is 1.58. The molecule has 150 valence electrons. The first-order chi connectivity index (χ1) is 14.1. The third-order valence-electron chi connectivity index (χ3n) is 4.28. The highest BCUT2D eigenvalue weighted by atomic mass is 32.2. The summed E-state index contributed by atoms with van der Waals surface area (Å²) in [4.78, 5) is 26.0. The van der Waals surface area contributed by atoms with Crippen LogP contribution in [0.15, 0.2) is 70.1 Å². The lowest BCUT2D eigenvalue weighted by molar-refractivity contribution is -0.107. The van der Waals surface area contributed by atoms with Gasteiger partial charge in [-0.2, -0.15) is 0 Å². The van der Waals surface area contributed by atoms with Crippen LogP contribution in [0, 0.1) is 0 Å². The quantitative estimate of drug-likeness (QED) is 0.430. The molecule has 1 aromatic heterocycles. The van der Waals surface area contributed by atoms with Crippen molar-refractivity contribution in [1.29, 1.82) is 0 Å². The van der Waals surface area contributed by atoms with Crippen molar-refractivity contribution >= 4 is 29.8 Å². The minimum atomic E-state index is -0.264. The van der Waals surface area contributed by atoms with E-state index in [9.17, 15) is 9.59 Å². The van der Waals surface area contributed by atoms with Crippen molar-refractivity contribution < 1.29 is 14.1 Å². The summed E-state index contributed by atoms with van der Waals surface area (Å²) in [6, 6.07) is 19.1. The first-order valence-electron chi connectivity index (χ1n) is 9.27. The van der Waals surface area contributed by atoms with Crippen LogP contribution in [-0.4, -0.2) is 36.3 Å². The van der Waals surface area contributed by atoms with Crippen molar-refractivity contribution in [1.82, 2.24) is 10.5 Å². The molecule has 0 bridgehead atoms. The van der Waals surface area contributed by atoms with Crippen LogP contribution < -0.4 is 10.2 Å². The summed E-state index contributed by atoms with van der Waals surface area (Å²) in [5.74, 6) is 1.04. The highest BCUT2D eigenvalue weighted by Gasteiger charge is 2.16. The summed E-state index contributed by atoms with van der Waals surface area (Å²) < 4.78 is 5.30. The highest BCUT2D eigenvalue weighted by molar-refractivity contribution is 7.99. The number of hydrogen-bond acceptors (Lipinski definition) is 5. The van der Waals surface area contributed by atoms with E-state index in [0.717, 1.165) is 22.6 Å². The van der Waals surface area contributed by atoms with Gasteiger partial charge in [0.15, 0.2) is 5.69 Å². The van der Waals surface area contributed by atoms with E-state index in [-0.39, 0.29) is 17.6 Å². The average Bonchev–Trinajstić information content (AvgIpc) is 3.21. The van der Waals surface area contributed by atoms with Crippen LogP contribution in [-0.2, 0) is 11.2 Å². The Bertz CT molecular complexity index is 959. The Hall–Kier alpha value is -3.06. The van der Waals surface area contributed by atoms with Crippen LogP contribution in [0.2, 0.25) is 0 Å². The Kier molecular flexibility index (Phi) is 7.08. The van der Waals surface area contributed by atoms with Gasteiger partial charge in [-0.1, -0.05) is 47.6 Å². The molecular weight excluding hydrogens is 386 g/mol. The molecule has 2 aromatic carbocycles. The Morgan fingerprint density at radius 3 is 2.69 bits per heavy atom. The van der Waals surface area contributed by atoms with Crippen LogP contribution in [0.25, 0.3) is 0 Å². The summed E-state index contributed by atoms with van der Waals surface area (Å²) in [5, 5.41) is 6.83. The molecule has 0 fully saturated rings. The lowest BCUT2D eigenvalue weighted by atomic mass is 10.1. The molecule has 0 unspecified atom stereocenters. The predicted molar refractivity (Wildman–Crippen MR) is 114 cm³/mol. The zero-order chi connectivity index (χ0) is 20.6. The van der Waals surface area contributed by atoms with Gasteiger partial charge in [0.25, 0.3) is 5.91 Å². The monoisotopic (exact) mass is 409 g/mol. The van der Waals surface area contributed by atoms with Crippen molar-refractivity contribution in [2.45, 2.75) is 24.3 Å². The third-order valence-corrected chi connectivity index (χ3v) is 5.61. The van der Waals surface area contributed by atoms with Crippen LogP contribution in [0.5, 0.6) is 0 Å². The van der Waals surface area contributed by atoms with Gasteiger partial charge < -0.3 is 14.7 Å². The second kappa shape index (κ2) is 9.93. The number of hydrogen-bond donors (Lipinski definition) is 1. The van der Waals surface area contributed by atoms with Gasteiger partial charge in [-0.3, -0.25) is 9.59 Å². The van der Waals surface area contributed by atoms with Gasteiger partial charge in [-0.05, 0) is 24.6 Å². The number of thioether (sulfide) groups is 1. The van der Waals surface area contributed by atoms with Gasteiger partial charge >= 0.3 is 0 Å². The van der Waals surface area contributed by atoms with Crippen LogP contribution in [0.4, 0.5) is 5.69 Å². The fraction of sp³-hybridized carbons (Fsp3) is 0.227. The molecule has 2 amide bonds. The molecule has 0 aliphatic carbocycles. The Balaban J connectivity index is 1.54. The van der Waals surface area contributed by atoms with Crippen LogP contribution in [0.1, 0.15) is 28.7 Å². The fourth-order valence-electron chi connectivity index (χ4n) is 2.78. The zero-order valence-corrected chi connectivity index (χ0v) is 17.2. The number of aromatic nitrogens is 1. The van der Waals surface area contributed by atoms with E-state index in [1.165, 1.54) is 4.90 Å². The maximum Gasteiger partial charge on any atom is 0.273 e. The molecular formula is C22H23N3O3S. The van der Waals surface area contributed by atoms with E-state index in [1.807, 2.05) is 61.5 Å². The second-order valence-corrected chi connectivity index (χ2v) is 7.77. The van der Waals surface area contributed by atoms with Crippen molar-refractivity contribution in [2.24, 2.45) is 0 Å². The number of benzene rings is 2. The van der Waals surface area contributed by atoms with Gasteiger partial charge in [0.2, 0.25) is 6.41 Å². The molecule has 3 rings (SSSR count). The molecule has 0 saturated heterocycles. The molecule has 6 nitrogen and oxygen atoms in total. The number of para-hydroxylation sites is 1. The molecule has 0 aliphatic rings. The summed E-state index contributed by atoms with van der Waals surface area (Å²) in [5.41, 5.74) is 2.21. The Labute approximate surface area is 174 Å². The molecule has 0 aliphatic heterocycles. The highest BCUT2D eigenvalue weighted by Crippen LogP contribution is 2.29. The maximum absolute atomic E-state index is 12.5. The third kappa shape index (κ3) is 5.71. The summed E-state index contributed by atoms with van der Waals surface area (Å²) in [6.07, 6.45) is 1.37. The van der Waals surface area contributed by atoms with Crippen molar-refractivity contribution in [2.75, 3.05) is 17.7 Å². The average molecular weight is 410 g/mol. The van der Waals surface area contributed by atoms with Gasteiger partial charge in [-0.15, -0.1) is 11.8 Å². The van der Waals surface area contributed by atoms with Gasteiger partial charge in [0.05, 0.1) is 5.69 Å². The van der Waals surface area contributed by atoms with E-state index >= 15 is 0 Å². The van der Waals surface area contributed by atoms with Crippen molar-refractivity contribution in [3.63, 3.8) is 0 Å². The largest absolute Gasteiger partial charge is 0.360 e. The molecule has 1 heterocycles. The first kappa shape index (κ1) is 20.7. The maximum atomic E-state index is 12.5. The lowest BCUT2D eigenvalue weighted by Crippen LogP contribution is -2.34. The summed E-state index contributed by atoms with van der Waals surface area (Å²) in [6.45, 7) is 1.93. The number of carbonyl (C=O) groups is 2. The lowest BCUT2D eigenvalue weighted by Gasteiger charge is -2.17. The number of nitrogens with one attached hydrogen (secondary N) is 1. The molecule has 0 spiro atoms. The van der Waals surface area contributed by atoms with Crippen molar-refractivity contribution in [3.05, 3.63) is 77.7 Å². The molecule has 0 radical (unpaired) electrons. The first-order valence-corrected chi connectivity index (χ1v) is 10.3. The standard InChI is InChI=1S/C22H23N3O3S/c1-16(14-29-21-11-7-6-10-20(21)25(2)15-26)23-22(27)19-13-18(28-24-19)12-17-8-4-3-5-9-17/h3-11,13,15-16H,12,14H2,1-2H3,(H,23,27)/t16-/m1/s1. The second-order valence-electron chi connectivity index (χ2n) is 6.71. The molecule has 0 saturated carbocycles. The van der Waals surface area contributed by atoms with E-state index in [2.05, 4.69) is 10.5 Å². The molecule has 1 atom stereocenters. The van der Waals surface area contributed by atoms with E-state index in [4.69, 9.17) is 4.52 Å². The van der Waals surface area contributed by atoms with Crippen LogP contribution in [0.3, 0.4) is 0 Å².